The van der Waals surface area contributed by atoms with Gasteiger partial charge in [-0.2, -0.15) is 0 Å². The second-order valence-corrected chi connectivity index (χ2v) is 5.91. The van der Waals surface area contributed by atoms with E-state index >= 15 is 0 Å². The third-order valence-electron chi connectivity index (χ3n) is 3.62. The maximum atomic E-state index is 12.1. The fourth-order valence-corrected chi connectivity index (χ4v) is 2.39. The molecule has 0 spiro atoms. The summed E-state index contributed by atoms with van der Waals surface area (Å²) in [6, 6.07) is 7.67. The fourth-order valence-electron chi connectivity index (χ4n) is 2.39. The summed E-state index contributed by atoms with van der Waals surface area (Å²) in [6.45, 7) is 3.50. The molecule has 0 aromatic heterocycles. The molecule has 7 heteroatoms. The highest BCUT2D eigenvalue weighted by molar-refractivity contribution is 5.83. The Bertz CT molecular complexity index is 587. The molecule has 7 nitrogen and oxygen atoms in total. The zero-order valence-electron chi connectivity index (χ0n) is 13.1. The molecule has 1 aliphatic carbocycles. The van der Waals surface area contributed by atoms with Gasteiger partial charge in [0.2, 0.25) is 11.9 Å². The van der Waals surface area contributed by atoms with Gasteiger partial charge in [-0.1, -0.05) is 30.3 Å². The van der Waals surface area contributed by atoms with Crippen LogP contribution in [0.3, 0.4) is 0 Å². The van der Waals surface area contributed by atoms with Crippen molar-refractivity contribution in [1.82, 2.24) is 5.32 Å². The summed E-state index contributed by atoms with van der Waals surface area (Å²) in [7, 11) is 0. The summed E-state index contributed by atoms with van der Waals surface area (Å²) in [6.07, 6.45) is -0.00229. The molecule has 0 bridgehead atoms. The maximum absolute atomic E-state index is 12.1. The summed E-state index contributed by atoms with van der Waals surface area (Å²) >= 11 is 0. The largest absolute Gasteiger partial charge is 0.463 e. The molecule has 1 fully saturated rings. The van der Waals surface area contributed by atoms with Crippen molar-refractivity contribution >= 4 is 11.9 Å². The highest BCUT2D eigenvalue weighted by Gasteiger charge is 2.53. The van der Waals surface area contributed by atoms with Crippen LogP contribution in [0.1, 0.15) is 38.3 Å². The van der Waals surface area contributed by atoms with Crippen LogP contribution in [-0.4, -0.2) is 28.9 Å². The number of hydrogen-bond acceptors (Lipinski definition) is 5. The van der Waals surface area contributed by atoms with Gasteiger partial charge in [0, 0.05) is 11.3 Å². The Labute approximate surface area is 134 Å². The predicted molar refractivity (Wildman–Crippen MR) is 82.1 cm³/mol. The van der Waals surface area contributed by atoms with Crippen molar-refractivity contribution in [2.75, 3.05) is 0 Å². The molecule has 0 saturated heterocycles. The molecule has 1 aliphatic rings. The van der Waals surface area contributed by atoms with Crippen molar-refractivity contribution in [3.05, 3.63) is 46.0 Å². The molecule has 124 valence electrons. The topological polar surface area (TPSA) is 98.5 Å². The average Bonchev–Trinajstić information content (AvgIpc) is 3.27. The molecule has 1 aromatic rings. The van der Waals surface area contributed by atoms with Crippen LogP contribution in [0, 0.1) is 16.0 Å². The van der Waals surface area contributed by atoms with Gasteiger partial charge in [-0.05, 0) is 19.4 Å². The Kier molecular flexibility index (Phi) is 5.31. The molecule has 0 aliphatic heterocycles. The van der Waals surface area contributed by atoms with E-state index < -0.39 is 34.8 Å². The molecule has 1 amide bonds. The molecule has 0 heterocycles. The number of benzene rings is 1. The first kappa shape index (κ1) is 16.9. The highest BCUT2D eigenvalue weighted by Crippen LogP contribution is 2.34. The third-order valence-corrected chi connectivity index (χ3v) is 3.62. The first-order valence-corrected chi connectivity index (χ1v) is 7.56. The van der Waals surface area contributed by atoms with E-state index in [-0.39, 0.29) is 18.9 Å². The van der Waals surface area contributed by atoms with Crippen LogP contribution in [0.2, 0.25) is 0 Å². The van der Waals surface area contributed by atoms with Gasteiger partial charge >= 0.3 is 5.97 Å². The Morgan fingerprint density at radius 3 is 2.52 bits per heavy atom. The molecule has 3 atom stereocenters. The monoisotopic (exact) mass is 320 g/mol. The van der Waals surface area contributed by atoms with Gasteiger partial charge in [0.15, 0.2) is 0 Å². The molecule has 2 rings (SSSR count). The Hall–Kier alpha value is -2.44. The Morgan fingerprint density at radius 2 is 2.00 bits per heavy atom. The quantitative estimate of drug-likeness (QED) is 0.469. The normalized spacial score (nSPS) is 20.7. The van der Waals surface area contributed by atoms with E-state index in [0.29, 0.717) is 0 Å². The predicted octanol–water partition coefficient (Wildman–Crippen LogP) is 1.85. The molecular formula is C16H20N2O5. The van der Waals surface area contributed by atoms with E-state index in [9.17, 15) is 19.7 Å². The fraction of sp³-hybridized carbons (Fsp3) is 0.500. The number of hydrogen-bond donors (Lipinski definition) is 1. The van der Waals surface area contributed by atoms with E-state index in [1.165, 1.54) is 0 Å². The number of amides is 1. The third kappa shape index (κ3) is 4.77. The molecule has 1 aromatic carbocycles. The van der Waals surface area contributed by atoms with Crippen molar-refractivity contribution in [3.8, 4) is 0 Å². The molecule has 23 heavy (non-hydrogen) atoms. The van der Waals surface area contributed by atoms with Gasteiger partial charge in [0.25, 0.3) is 0 Å². The average molecular weight is 320 g/mol. The summed E-state index contributed by atoms with van der Waals surface area (Å²) in [5.74, 6) is -1.42. The lowest BCUT2D eigenvalue weighted by atomic mass is 10.0. The number of nitro groups is 1. The number of rotatable bonds is 7. The number of carbonyl (C=O) groups excluding carboxylic acids is 2. The molecule has 1 saturated carbocycles. The molecule has 0 unspecified atom stereocenters. The number of ether oxygens (including phenoxy) is 1. The van der Waals surface area contributed by atoms with Crippen molar-refractivity contribution in [2.45, 2.75) is 44.9 Å². The standard InChI is InChI=1S/C16H20N2O5/c1-10(2)23-15(19)9-13(11-6-4-3-5-7-11)17-16(20)12-8-14(12)18(21)22/h3-7,10,12-14H,8-9H2,1-2H3,(H,17,20)/t12-,13+,14-/m1/s1. The van der Waals surface area contributed by atoms with Crippen LogP contribution in [0.25, 0.3) is 0 Å². The van der Waals surface area contributed by atoms with Gasteiger partial charge in [0.1, 0.15) is 5.92 Å². The van der Waals surface area contributed by atoms with Crippen molar-refractivity contribution < 1.29 is 19.2 Å². The van der Waals surface area contributed by atoms with Crippen LogP contribution < -0.4 is 5.32 Å². The zero-order valence-corrected chi connectivity index (χ0v) is 13.1. The molecular weight excluding hydrogens is 300 g/mol. The minimum Gasteiger partial charge on any atom is -0.463 e. The van der Waals surface area contributed by atoms with E-state index in [4.69, 9.17) is 4.74 Å². The smallest absolute Gasteiger partial charge is 0.308 e. The van der Waals surface area contributed by atoms with Gasteiger partial charge in [0.05, 0.1) is 18.6 Å². The number of esters is 1. The number of nitrogens with one attached hydrogen (secondary N) is 1. The summed E-state index contributed by atoms with van der Waals surface area (Å²) < 4.78 is 5.12. The Morgan fingerprint density at radius 1 is 1.35 bits per heavy atom. The van der Waals surface area contributed by atoms with Crippen molar-refractivity contribution in [1.29, 1.82) is 0 Å². The SMILES string of the molecule is CC(C)OC(=O)C[C@H](NC(=O)[C@@H]1C[C@H]1[N+](=O)[O-])c1ccccc1. The first-order valence-electron chi connectivity index (χ1n) is 7.56. The zero-order chi connectivity index (χ0) is 17.0. The van der Waals surface area contributed by atoms with E-state index in [1.54, 1.807) is 38.1 Å². The minimum atomic E-state index is -0.811. The highest BCUT2D eigenvalue weighted by atomic mass is 16.6. The van der Waals surface area contributed by atoms with E-state index in [2.05, 4.69) is 5.32 Å². The Balaban J connectivity index is 2.04. The van der Waals surface area contributed by atoms with Gasteiger partial charge in [-0.3, -0.25) is 19.7 Å². The van der Waals surface area contributed by atoms with Gasteiger partial charge in [-0.25, -0.2) is 0 Å². The van der Waals surface area contributed by atoms with Gasteiger partial charge in [-0.15, -0.1) is 0 Å². The summed E-state index contributed by atoms with van der Waals surface area (Å²) in [5.41, 5.74) is 0.764. The lowest BCUT2D eigenvalue weighted by molar-refractivity contribution is -0.497. The van der Waals surface area contributed by atoms with E-state index in [0.717, 1.165) is 5.56 Å². The lowest BCUT2D eigenvalue weighted by Gasteiger charge is -2.19. The molecule has 0 radical (unpaired) electrons. The lowest BCUT2D eigenvalue weighted by Crippen LogP contribution is -2.33. The number of carbonyl (C=O) groups is 2. The second kappa shape index (κ2) is 7.21. The van der Waals surface area contributed by atoms with Crippen LogP contribution >= 0.6 is 0 Å². The number of nitrogens with zero attached hydrogens (tertiary/aromatic N) is 1. The molecule has 1 N–H and O–H groups in total. The van der Waals surface area contributed by atoms with Crippen molar-refractivity contribution in [2.24, 2.45) is 5.92 Å². The summed E-state index contributed by atoms with van der Waals surface area (Å²) in [4.78, 5) is 34.3. The van der Waals surface area contributed by atoms with Gasteiger partial charge < -0.3 is 10.1 Å². The first-order chi connectivity index (χ1) is 10.9. The minimum absolute atomic E-state index is 0.0101. The van der Waals surface area contributed by atoms with Crippen LogP contribution in [0.4, 0.5) is 0 Å². The second-order valence-electron chi connectivity index (χ2n) is 5.91. The summed E-state index contributed by atoms with van der Waals surface area (Å²) in [5, 5.41) is 13.4. The maximum Gasteiger partial charge on any atom is 0.308 e. The van der Waals surface area contributed by atoms with Crippen LogP contribution in [0.5, 0.6) is 0 Å². The van der Waals surface area contributed by atoms with Crippen LogP contribution in [0.15, 0.2) is 30.3 Å². The van der Waals surface area contributed by atoms with E-state index in [1.807, 2.05) is 6.07 Å². The van der Waals surface area contributed by atoms with Crippen molar-refractivity contribution in [3.63, 3.8) is 0 Å². The van der Waals surface area contributed by atoms with Crippen LogP contribution in [-0.2, 0) is 14.3 Å².